The zero-order valence-electron chi connectivity index (χ0n) is 24.5. The molecule has 3 N–H and O–H groups in total. The second kappa shape index (κ2) is 11.8. The highest BCUT2D eigenvalue weighted by atomic mass is 19.2. The number of aromatic amines is 1. The monoisotopic (exact) mass is 597 g/mol. The summed E-state index contributed by atoms with van der Waals surface area (Å²) in [7, 11) is 3.39. The molecule has 1 aliphatic carbocycles. The minimum Gasteiger partial charge on any atom is -0.368 e. The van der Waals surface area contributed by atoms with E-state index in [4.69, 9.17) is 9.72 Å². The molecule has 0 saturated heterocycles. The van der Waals surface area contributed by atoms with Crippen LogP contribution >= 0.6 is 0 Å². The molecular formula is C30H32FN11O2. The Kier molecular flexibility index (Phi) is 7.71. The lowest BCUT2D eigenvalue weighted by atomic mass is 9.76. The molecule has 0 aromatic carbocycles. The molecule has 13 nitrogen and oxygen atoms in total. The lowest BCUT2D eigenvalue weighted by Gasteiger charge is -2.38. The number of fused-ring (bicyclic) bond motifs is 1. The second-order valence-corrected chi connectivity index (χ2v) is 11.0. The van der Waals surface area contributed by atoms with Crippen molar-refractivity contribution in [1.29, 1.82) is 5.26 Å². The van der Waals surface area contributed by atoms with Gasteiger partial charge in [-0.25, -0.2) is 9.97 Å². The number of aryl methyl sites for hydroxylation is 1. The number of methoxy groups -OCH3 is 1. The maximum atomic E-state index is 13.6. The summed E-state index contributed by atoms with van der Waals surface area (Å²) in [4.78, 5) is 32.3. The molecule has 6 rings (SSSR count). The number of hydrogen-bond donors (Lipinski definition) is 3. The van der Waals surface area contributed by atoms with Gasteiger partial charge in [-0.1, -0.05) is 10.5 Å². The molecule has 0 radical (unpaired) electrons. The molecular weight excluding hydrogens is 565 g/mol. The first-order chi connectivity index (χ1) is 21.3. The number of nitriles is 1. The molecule has 1 amide bonds. The van der Waals surface area contributed by atoms with Gasteiger partial charge in [-0.15, -0.1) is 0 Å². The van der Waals surface area contributed by atoms with Crippen molar-refractivity contribution in [3.05, 3.63) is 78.5 Å². The third kappa shape index (κ3) is 5.57. The van der Waals surface area contributed by atoms with Gasteiger partial charge in [0.25, 0.3) is 5.91 Å². The van der Waals surface area contributed by atoms with Crippen molar-refractivity contribution in [3.8, 4) is 6.07 Å². The first-order valence-electron chi connectivity index (χ1n) is 14.2. The summed E-state index contributed by atoms with van der Waals surface area (Å²) in [5.74, 6) is 0.828. The molecule has 44 heavy (non-hydrogen) atoms. The Morgan fingerprint density at radius 1 is 1.20 bits per heavy atom. The van der Waals surface area contributed by atoms with Gasteiger partial charge in [0.15, 0.2) is 0 Å². The van der Waals surface area contributed by atoms with Crippen LogP contribution in [0.15, 0.2) is 61.7 Å². The van der Waals surface area contributed by atoms with Crippen LogP contribution in [0.2, 0.25) is 0 Å². The van der Waals surface area contributed by atoms with E-state index in [-0.39, 0.29) is 17.9 Å². The van der Waals surface area contributed by atoms with Crippen molar-refractivity contribution in [2.45, 2.75) is 50.2 Å². The molecule has 1 aliphatic heterocycles. The number of carbonyl (C=O) groups excluding carboxylic acids is 1. The quantitative estimate of drug-likeness (QED) is 0.246. The van der Waals surface area contributed by atoms with Gasteiger partial charge in [0.1, 0.15) is 23.1 Å². The molecule has 1 atom stereocenters. The lowest BCUT2D eigenvalue weighted by Crippen LogP contribution is -2.50. The number of nitrogens with one attached hydrogen (secondary N) is 3. The minimum atomic E-state index is -1.00. The molecule has 1 saturated carbocycles. The fraction of sp³-hybridized carbons (Fsp3) is 0.333. The van der Waals surface area contributed by atoms with Crippen LogP contribution < -0.4 is 15.5 Å². The van der Waals surface area contributed by atoms with Crippen molar-refractivity contribution in [3.63, 3.8) is 0 Å². The van der Waals surface area contributed by atoms with Crippen molar-refractivity contribution in [2.75, 3.05) is 17.3 Å². The smallest absolute Gasteiger partial charge is 0.252 e. The molecule has 5 heterocycles. The van der Waals surface area contributed by atoms with E-state index in [9.17, 15) is 14.5 Å². The van der Waals surface area contributed by atoms with Gasteiger partial charge in [0.2, 0.25) is 5.95 Å². The minimum absolute atomic E-state index is 0.00884. The van der Waals surface area contributed by atoms with E-state index in [1.165, 1.54) is 12.4 Å². The summed E-state index contributed by atoms with van der Waals surface area (Å²) in [6.45, 7) is 1.90. The normalized spacial score (nSPS) is 20.5. The van der Waals surface area contributed by atoms with Crippen molar-refractivity contribution in [1.82, 2.24) is 40.2 Å². The number of carbonyl (C=O) groups is 1. The van der Waals surface area contributed by atoms with Gasteiger partial charge in [-0.05, 0) is 44.2 Å². The van der Waals surface area contributed by atoms with Crippen LogP contribution in [0.25, 0.3) is 11.0 Å². The molecule has 1 fully saturated rings. The third-order valence-electron chi connectivity index (χ3n) is 8.25. The van der Waals surface area contributed by atoms with Gasteiger partial charge in [0, 0.05) is 51.1 Å². The summed E-state index contributed by atoms with van der Waals surface area (Å²) in [5.41, 5.74) is 2.39. The van der Waals surface area contributed by atoms with Crippen LogP contribution in [-0.4, -0.2) is 53.5 Å². The number of ether oxygens (including phenoxy) is 1. The first kappa shape index (κ1) is 28.8. The number of rotatable bonds is 8. The maximum Gasteiger partial charge on any atom is 0.252 e. The predicted octanol–water partition coefficient (Wildman–Crippen LogP) is 4.57. The van der Waals surface area contributed by atoms with E-state index in [0.29, 0.717) is 59.2 Å². The molecule has 4 aromatic heterocycles. The Balaban J connectivity index is 1.16. The predicted molar refractivity (Wildman–Crippen MR) is 161 cm³/mol. The summed E-state index contributed by atoms with van der Waals surface area (Å²) >= 11 is 0. The van der Waals surface area contributed by atoms with Gasteiger partial charge < -0.3 is 25.3 Å². The van der Waals surface area contributed by atoms with E-state index >= 15 is 0 Å². The van der Waals surface area contributed by atoms with E-state index in [2.05, 4.69) is 36.8 Å². The summed E-state index contributed by atoms with van der Waals surface area (Å²) in [5, 5.41) is 21.4. The molecule has 14 heteroatoms. The molecule has 0 spiro atoms. The van der Waals surface area contributed by atoms with Crippen LogP contribution in [0.4, 0.5) is 21.9 Å². The molecule has 4 aromatic rings. The highest BCUT2D eigenvalue weighted by molar-refractivity contribution is 5.87. The standard InChI is InChI=1S/C30H32FN11O2/c1-19(21-4-5-24(33-15-21)41-10-12-42(31)13-11-41)36-28(43)30(44-3)8-6-20(7-9-30)26-25-22(14-32)16-34-27(25)39-29(38-26)37-23-17-35-40(2)18-23/h4-5,10-13,15-20H,6-9H2,1-3H3,(H,36,43)(H2,34,37,38,39)/t19-,20?,30?/m0/s1. The zero-order chi connectivity index (χ0) is 30.8. The fourth-order valence-corrected chi connectivity index (χ4v) is 5.74. The Hall–Kier alpha value is -5.29. The van der Waals surface area contributed by atoms with Crippen LogP contribution in [0.3, 0.4) is 0 Å². The fourth-order valence-electron chi connectivity index (χ4n) is 5.74. The Labute approximate surface area is 253 Å². The number of pyridine rings is 1. The number of hydrogen-bond acceptors (Lipinski definition) is 10. The highest BCUT2D eigenvalue weighted by Crippen LogP contribution is 2.42. The van der Waals surface area contributed by atoms with Crippen molar-refractivity contribution < 1.29 is 14.0 Å². The van der Waals surface area contributed by atoms with Crippen LogP contribution in [0, 0.1) is 11.3 Å². The van der Waals surface area contributed by atoms with Gasteiger partial charge in [0.05, 0.1) is 47.0 Å². The van der Waals surface area contributed by atoms with Crippen molar-refractivity contribution in [2.24, 2.45) is 7.05 Å². The summed E-state index contributed by atoms with van der Waals surface area (Å²) in [6, 6.07) is 5.62. The maximum absolute atomic E-state index is 13.6. The number of H-pyrrole nitrogens is 1. The second-order valence-electron chi connectivity index (χ2n) is 11.0. The number of aromatic nitrogens is 6. The van der Waals surface area contributed by atoms with Crippen molar-refractivity contribution >= 4 is 34.4 Å². The number of halogens is 1. The summed E-state index contributed by atoms with van der Waals surface area (Å²) in [6.07, 6.45) is 14.8. The lowest BCUT2D eigenvalue weighted by molar-refractivity contribution is -0.148. The molecule has 2 aliphatic rings. The Bertz CT molecular complexity index is 1750. The van der Waals surface area contributed by atoms with Gasteiger partial charge in [-0.2, -0.15) is 20.5 Å². The average Bonchev–Trinajstić information content (AvgIpc) is 3.66. The number of anilines is 3. The van der Waals surface area contributed by atoms with Crippen LogP contribution in [0.1, 0.15) is 61.4 Å². The zero-order valence-corrected chi connectivity index (χ0v) is 24.5. The van der Waals surface area contributed by atoms with E-state index in [1.807, 2.05) is 32.3 Å². The molecule has 0 unspecified atom stereocenters. The number of amides is 1. The summed E-state index contributed by atoms with van der Waals surface area (Å²) < 4.78 is 20.8. The van der Waals surface area contributed by atoms with E-state index in [0.717, 1.165) is 16.9 Å². The first-order valence-corrected chi connectivity index (χ1v) is 14.2. The molecule has 226 valence electrons. The van der Waals surface area contributed by atoms with Crippen LogP contribution in [0.5, 0.6) is 0 Å². The van der Waals surface area contributed by atoms with Crippen LogP contribution in [-0.2, 0) is 16.6 Å². The number of nitrogens with zero attached hydrogens (tertiary/aromatic N) is 8. The van der Waals surface area contributed by atoms with Gasteiger partial charge >= 0.3 is 0 Å². The average molecular weight is 598 g/mol. The topological polar surface area (TPSA) is 153 Å². The highest BCUT2D eigenvalue weighted by Gasteiger charge is 2.43. The molecule has 0 bridgehead atoms. The SMILES string of the molecule is COC1(C(=O)N[C@@H](C)c2ccc(N3C=CN(F)C=C3)nc2)CCC(c2nc(Nc3cnn(C)c3)nc3[nH]cc(C#N)c23)CC1. The van der Waals surface area contributed by atoms with E-state index < -0.39 is 5.60 Å². The third-order valence-corrected chi connectivity index (χ3v) is 8.25. The Morgan fingerprint density at radius 3 is 2.61 bits per heavy atom. The largest absolute Gasteiger partial charge is 0.368 e. The Morgan fingerprint density at radius 2 is 1.98 bits per heavy atom. The van der Waals surface area contributed by atoms with E-state index in [1.54, 1.807) is 47.7 Å². The van der Waals surface area contributed by atoms with Gasteiger partial charge in [-0.3, -0.25) is 9.48 Å².